The Morgan fingerprint density at radius 2 is 1.80 bits per heavy atom. The zero-order chi connectivity index (χ0) is 15.8. The molecule has 0 aromatic carbocycles. The fourth-order valence-electron chi connectivity index (χ4n) is 2.71. The van der Waals surface area contributed by atoms with Crippen molar-refractivity contribution in [3.05, 3.63) is 18.0 Å². The van der Waals surface area contributed by atoms with Crippen LogP contribution in [0.1, 0.15) is 46.7 Å². The van der Waals surface area contributed by atoms with Gasteiger partial charge < -0.3 is 10.3 Å². The molecule has 0 atom stereocenters. The van der Waals surface area contributed by atoms with E-state index in [1.165, 1.54) is 0 Å². The molecule has 0 aliphatic rings. The molecule has 0 spiro atoms. The summed E-state index contributed by atoms with van der Waals surface area (Å²) in [6.07, 6.45) is 2.34. The van der Waals surface area contributed by atoms with Crippen molar-refractivity contribution in [1.29, 1.82) is 0 Å². The highest BCUT2D eigenvalue weighted by Crippen LogP contribution is 2.28. The minimum atomic E-state index is -3.53. The molecule has 0 bridgehead atoms. The highest BCUT2D eigenvalue weighted by molar-refractivity contribution is 7.89. The largest absolute Gasteiger partial charge is 0.352 e. The van der Waals surface area contributed by atoms with Crippen LogP contribution in [0.25, 0.3) is 0 Å². The molecule has 20 heavy (non-hydrogen) atoms. The van der Waals surface area contributed by atoms with Gasteiger partial charge in [0, 0.05) is 31.0 Å². The quantitative estimate of drug-likeness (QED) is 0.873. The van der Waals surface area contributed by atoms with Crippen molar-refractivity contribution in [1.82, 2.24) is 9.29 Å². The average Bonchev–Trinajstić information content (AvgIpc) is 2.54. The summed E-state index contributed by atoms with van der Waals surface area (Å²) in [6.45, 7) is 10.4. The average molecular weight is 301 g/mol. The van der Waals surface area contributed by atoms with Gasteiger partial charge in [-0.15, -0.1) is 0 Å². The number of aromatic nitrogens is 1. The third-order valence-corrected chi connectivity index (χ3v) is 4.65. The summed E-state index contributed by atoms with van der Waals surface area (Å²) in [5.74, 6) is 0. The molecule has 1 aromatic rings. The Morgan fingerprint density at radius 1 is 1.25 bits per heavy atom. The highest BCUT2D eigenvalue weighted by Gasteiger charge is 2.31. The van der Waals surface area contributed by atoms with Crippen molar-refractivity contribution in [2.75, 3.05) is 0 Å². The van der Waals surface area contributed by atoms with E-state index in [2.05, 4.69) is 25.5 Å². The molecule has 0 aliphatic carbocycles. The van der Waals surface area contributed by atoms with Crippen molar-refractivity contribution >= 4 is 10.0 Å². The van der Waals surface area contributed by atoms with Gasteiger partial charge in [0.15, 0.2) is 0 Å². The predicted octanol–water partition coefficient (Wildman–Crippen LogP) is 1.98. The maximum absolute atomic E-state index is 12.4. The number of nitrogens with two attached hydrogens (primary N) is 1. The van der Waals surface area contributed by atoms with Gasteiger partial charge in [0.2, 0.25) is 10.0 Å². The Kier molecular flexibility index (Phi) is 4.73. The minimum absolute atomic E-state index is 0.0468. The van der Waals surface area contributed by atoms with E-state index in [0.717, 1.165) is 12.1 Å². The van der Waals surface area contributed by atoms with Crippen LogP contribution < -0.4 is 10.5 Å². The summed E-state index contributed by atoms with van der Waals surface area (Å²) in [6, 6.07) is 1.62. The Bertz CT molecular complexity index is 566. The maximum atomic E-state index is 12.4. The zero-order valence-electron chi connectivity index (χ0n) is 13.3. The summed E-state index contributed by atoms with van der Waals surface area (Å²) in [5.41, 5.74) is 5.92. The van der Waals surface area contributed by atoms with Crippen molar-refractivity contribution in [2.45, 2.75) is 58.0 Å². The summed E-state index contributed by atoms with van der Waals surface area (Å²) in [4.78, 5) is 0.266. The molecular formula is C14H27N3O2S. The van der Waals surface area contributed by atoms with Gasteiger partial charge >= 0.3 is 0 Å². The Balaban J connectivity index is 2.99. The predicted molar refractivity (Wildman–Crippen MR) is 81.8 cm³/mol. The van der Waals surface area contributed by atoms with Crippen molar-refractivity contribution in [3.63, 3.8) is 0 Å². The number of aryl methyl sites for hydroxylation is 1. The van der Waals surface area contributed by atoms with Crippen LogP contribution in [0.4, 0.5) is 0 Å². The number of hydrogen-bond donors (Lipinski definition) is 2. The summed E-state index contributed by atoms with van der Waals surface area (Å²) < 4.78 is 29.4. The van der Waals surface area contributed by atoms with Gasteiger partial charge in [0.05, 0.1) is 4.90 Å². The number of nitrogens with one attached hydrogen (secondary N) is 1. The fraction of sp³-hybridized carbons (Fsp3) is 0.714. The maximum Gasteiger partial charge on any atom is 0.242 e. The number of sulfonamides is 1. The van der Waals surface area contributed by atoms with Crippen LogP contribution in [0.15, 0.2) is 17.2 Å². The van der Waals surface area contributed by atoms with Gasteiger partial charge in [-0.3, -0.25) is 0 Å². The fourth-order valence-corrected chi connectivity index (χ4v) is 4.22. The second-order valence-electron chi connectivity index (χ2n) is 7.21. The van der Waals surface area contributed by atoms with E-state index in [0.29, 0.717) is 6.54 Å². The molecule has 1 rings (SSSR count). The van der Waals surface area contributed by atoms with E-state index in [9.17, 15) is 8.42 Å². The van der Waals surface area contributed by atoms with Crippen LogP contribution >= 0.6 is 0 Å². The molecule has 0 unspecified atom stereocenters. The Morgan fingerprint density at radius 3 is 2.20 bits per heavy atom. The second-order valence-corrected chi connectivity index (χ2v) is 8.89. The highest BCUT2D eigenvalue weighted by atomic mass is 32.2. The molecule has 6 heteroatoms. The summed E-state index contributed by atoms with van der Waals surface area (Å²) >= 11 is 0. The van der Waals surface area contributed by atoms with Crippen LogP contribution in [0.2, 0.25) is 0 Å². The molecule has 1 aromatic heterocycles. The first-order chi connectivity index (χ1) is 8.86. The number of nitrogens with zero attached hydrogens (tertiary/aromatic N) is 1. The third kappa shape index (κ3) is 4.61. The standard InChI is InChI=1S/C14H27N3O2S/c1-13(2,3)10-14(4,5)16-20(18,19)12-7-11(8-15)17(6)9-12/h7,9,16H,8,10,15H2,1-6H3. The lowest BCUT2D eigenvalue weighted by Crippen LogP contribution is -2.45. The Hall–Kier alpha value is -0.850. The molecule has 0 radical (unpaired) electrons. The zero-order valence-corrected chi connectivity index (χ0v) is 14.1. The van der Waals surface area contributed by atoms with E-state index < -0.39 is 15.6 Å². The minimum Gasteiger partial charge on any atom is -0.352 e. The molecule has 0 saturated heterocycles. The van der Waals surface area contributed by atoms with Gasteiger partial charge in [-0.1, -0.05) is 20.8 Å². The van der Waals surface area contributed by atoms with Gasteiger partial charge in [0.25, 0.3) is 0 Å². The number of hydrogen-bond acceptors (Lipinski definition) is 3. The lowest BCUT2D eigenvalue weighted by Gasteiger charge is -2.32. The second kappa shape index (κ2) is 5.50. The molecule has 0 fully saturated rings. The van der Waals surface area contributed by atoms with E-state index in [-0.39, 0.29) is 10.3 Å². The van der Waals surface area contributed by atoms with Crippen molar-refractivity contribution < 1.29 is 8.42 Å². The summed E-state index contributed by atoms with van der Waals surface area (Å²) in [7, 11) is -1.74. The molecule has 5 nitrogen and oxygen atoms in total. The van der Waals surface area contributed by atoms with E-state index >= 15 is 0 Å². The van der Waals surface area contributed by atoms with Crippen LogP contribution in [0.5, 0.6) is 0 Å². The van der Waals surface area contributed by atoms with Crippen molar-refractivity contribution in [2.24, 2.45) is 18.2 Å². The SMILES string of the molecule is Cn1cc(S(=O)(=O)NC(C)(C)CC(C)(C)C)cc1CN. The molecule has 116 valence electrons. The molecule has 3 N–H and O–H groups in total. The topological polar surface area (TPSA) is 77.1 Å². The molecule has 0 saturated carbocycles. The van der Waals surface area contributed by atoms with Gasteiger partial charge in [-0.25, -0.2) is 13.1 Å². The van der Waals surface area contributed by atoms with E-state index in [1.807, 2.05) is 13.8 Å². The number of rotatable bonds is 5. The van der Waals surface area contributed by atoms with Crippen LogP contribution in [-0.2, 0) is 23.6 Å². The Labute approximate surface area is 122 Å². The molecular weight excluding hydrogens is 274 g/mol. The van der Waals surface area contributed by atoms with E-state index in [4.69, 9.17) is 5.73 Å². The molecule has 0 aliphatic heterocycles. The molecule has 1 heterocycles. The summed E-state index contributed by atoms with van der Waals surface area (Å²) in [5, 5.41) is 0. The van der Waals surface area contributed by atoms with Gasteiger partial charge in [-0.2, -0.15) is 0 Å². The third-order valence-electron chi connectivity index (χ3n) is 2.99. The monoisotopic (exact) mass is 301 g/mol. The first-order valence-corrected chi connectivity index (χ1v) is 8.24. The lowest BCUT2D eigenvalue weighted by atomic mass is 9.82. The van der Waals surface area contributed by atoms with Crippen LogP contribution in [0.3, 0.4) is 0 Å². The first-order valence-electron chi connectivity index (χ1n) is 6.76. The van der Waals surface area contributed by atoms with E-state index in [1.54, 1.807) is 23.9 Å². The normalized spacial score (nSPS) is 13.8. The van der Waals surface area contributed by atoms with Gasteiger partial charge in [0.1, 0.15) is 0 Å². The van der Waals surface area contributed by atoms with Crippen molar-refractivity contribution in [3.8, 4) is 0 Å². The molecule has 0 amide bonds. The van der Waals surface area contributed by atoms with Crippen LogP contribution in [-0.4, -0.2) is 18.5 Å². The van der Waals surface area contributed by atoms with Gasteiger partial charge in [-0.05, 0) is 31.7 Å². The first kappa shape index (κ1) is 17.2. The smallest absolute Gasteiger partial charge is 0.242 e. The van der Waals surface area contributed by atoms with Crippen LogP contribution in [0, 0.1) is 5.41 Å². The lowest BCUT2D eigenvalue weighted by molar-refractivity contribution is 0.269.